The summed E-state index contributed by atoms with van der Waals surface area (Å²) in [7, 11) is -3.94. The number of rotatable bonds is 3. The first-order chi connectivity index (χ1) is 10.0. The molecule has 6 nitrogen and oxygen atoms in total. The van der Waals surface area contributed by atoms with Crippen LogP contribution >= 0.6 is 11.3 Å². The van der Waals surface area contributed by atoms with Gasteiger partial charge in [0.2, 0.25) is 0 Å². The molecule has 0 spiro atoms. The number of hydrogen-bond donors (Lipinski definition) is 2. The zero-order chi connectivity index (χ0) is 15.0. The molecule has 2 aromatic heterocycles. The average Bonchev–Trinajstić information content (AvgIpc) is 3.03. The number of halogens is 1. The van der Waals surface area contributed by atoms with Crippen molar-refractivity contribution in [2.24, 2.45) is 0 Å². The summed E-state index contributed by atoms with van der Waals surface area (Å²) in [5, 5.41) is 8.67. The van der Waals surface area contributed by atoms with Crippen molar-refractivity contribution in [1.82, 2.24) is 9.97 Å². The zero-order valence-electron chi connectivity index (χ0n) is 10.3. The van der Waals surface area contributed by atoms with Crippen molar-refractivity contribution in [3.63, 3.8) is 0 Å². The molecule has 0 saturated heterocycles. The molecule has 0 bridgehead atoms. The van der Waals surface area contributed by atoms with E-state index in [-0.39, 0.29) is 16.1 Å². The van der Waals surface area contributed by atoms with E-state index in [9.17, 15) is 12.8 Å². The molecule has 2 heterocycles. The molecule has 2 N–H and O–H groups in total. The van der Waals surface area contributed by atoms with Crippen molar-refractivity contribution in [3.8, 4) is 6.07 Å². The summed E-state index contributed by atoms with van der Waals surface area (Å²) in [6.45, 7) is 0. The minimum atomic E-state index is -3.94. The third kappa shape index (κ3) is 2.35. The second-order valence-electron chi connectivity index (χ2n) is 4.09. The maximum atomic E-state index is 13.8. The first kappa shape index (κ1) is 13.5. The summed E-state index contributed by atoms with van der Waals surface area (Å²) in [5.74, 6) is -0.811. The molecule has 0 saturated carbocycles. The lowest BCUT2D eigenvalue weighted by Gasteiger charge is -2.07. The van der Waals surface area contributed by atoms with E-state index < -0.39 is 15.8 Å². The molecule has 0 unspecified atom stereocenters. The highest BCUT2D eigenvalue weighted by molar-refractivity contribution is 7.93. The lowest BCUT2D eigenvalue weighted by atomic mass is 10.2. The van der Waals surface area contributed by atoms with Crippen LogP contribution in [-0.2, 0) is 10.0 Å². The van der Waals surface area contributed by atoms with E-state index in [2.05, 4.69) is 14.7 Å². The van der Waals surface area contributed by atoms with Gasteiger partial charge in [-0.05, 0) is 18.2 Å². The number of nitrogens with zero attached hydrogens (tertiary/aromatic N) is 2. The molecular weight excluding hydrogens is 315 g/mol. The highest BCUT2D eigenvalue weighted by atomic mass is 32.2. The monoisotopic (exact) mass is 322 g/mol. The largest absolute Gasteiger partial charge is 0.344 e. The number of fused-ring (bicyclic) bond motifs is 1. The fourth-order valence-electron chi connectivity index (χ4n) is 1.79. The Bertz CT molecular complexity index is 969. The highest BCUT2D eigenvalue weighted by Crippen LogP contribution is 2.28. The Labute approximate surface area is 122 Å². The van der Waals surface area contributed by atoms with Crippen LogP contribution in [0.5, 0.6) is 0 Å². The molecule has 0 aliphatic heterocycles. The molecule has 0 fully saturated rings. The van der Waals surface area contributed by atoms with Crippen LogP contribution < -0.4 is 4.72 Å². The number of sulfonamides is 1. The number of aromatic amines is 1. The van der Waals surface area contributed by atoms with Gasteiger partial charge in [0, 0.05) is 6.20 Å². The molecule has 3 rings (SSSR count). The second kappa shape index (κ2) is 4.83. The van der Waals surface area contributed by atoms with E-state index in [1.165, 1.54) is 35.2 Å². The zero-order valence-corrected chi connectivity index (χ0v) is 11.9. The number of H-pyrrole nitrogens is 1. The normalized spacial score (nSPS) is 11.4. The number of anilines is 1. The summed E-state index contributed by atoms with van der Waals surface area (Å²) in [4.78, 5) is 6.70. The molecule has 106 valence electrons. The molecule has 0 atom stereocenters. The average molecular weight is 322 g/mol. The number of nitrogens with one attached hydrogen (secondary N) is 2. The maximum absolute atomic E-state index is 13.8. The van der Waals surface area contributed by atoms with E-state index >= 15 is 0 Å². The van der Waals surface area contributed by atoms with Gasteiger partial charge in [-0.15, -0.1) is 11.3 Å². The predicted octanol–water partition coefficient (Wildman–Crippen LogP) is 2.44. The van der Waals surface area contributed by atoms with Crippen molar-refractivity contribution >= 4 is 37.4 Å². The minimum absolute atomic E-state index is 0.00348. The topological polar surface area (TPSA) is 98.6 Å². The number of hydrogen-bond acceptors (Lipinski definition) is 5. The van der Waals surface area contributed by atoms with Gasteiger partial charge in [0.05, 0.1) is 27.5 Å². The van der Waals surface area contributed by atoms with Crippen LogP contribution in [0.25, 0.3) is 10.3 Å². The molecule has 21 heavy (non-hydrogen) atoms. The van der Waals surface area contributed by atoms with Gasteiger partial charge >= 0.3 is 0 Å². The summed E-state index contributed by atoms with van der Waals surface area (Å²) >= 11 is 1.17. The van der Waals surface area contributed by atoms with Crippen LogP contribution in [0.4, 0.5) is 10.1 Å². The van der Waals surface area contributed by atoms with Gasteiger partial charge in [-0.25, -0.2) is 17.8 Å². The van der Waals surface area contributed by atoms with E-state index in [4.69, 9.17) is 5.26 Å². The Morgan fingerprint density at radius 1 is 1.43 bits per heavy atom. The van der Waals surface area contributed by atoms with Gasteiger partial charge in [-0.3, -0.25) is 4.72 Å². The fraction of sp³-hybridized carbons (Fsp3) is 0. The second-order valence-corrected chi connectivity index (χ2v) is 6.60. The number of benzene rings is 1. The third-order valence-electron chi connectivity index (χ3n) is 2.76. The molecule has 0 radical (unpaired) electrons. The van der Waals surface area contributed by atoms with Crippen LogP contribution in [0, 0.1) is 17.1 Å². The van der Waals surface area contributed by atoms with Crippen LogP contribution in [0.3, 0.4) is 0 Å². The Morgan fingerprint density at radius 2 is 2.24 bits per heavy atom. The predicted molar refractivity (Wildman–Crippen MR) is 75.9 cm³/mol. The number of aromatic nitrogens is 2. The highest BCUT2D eigenvalue weighted by Gasteiger charge is 2.22. The smallest absolute Gasteiger partial charge is 0.264 e. The van der Waals surface area contributed by atoms with Crippen LogP contribution in [-0.4, -0.2) is 18.4 Å². The lowest BCUT2D eigenvalue weighted by Crippen LogP contribution is -2.13. The molecule has 1 aromatic carbocycles. The standard InChI is InChI=1S/C12H7FN4O2S2/c13-8-3-7(4-14)1-2-9(8)17-21(18,19)10-5-15-12-11(10)20-6-16-12/h1-3,5-6,15,17H. The quantitative estimate of drug-likeness (QED) is 0.773. The molecule has 0 amide bonds. The maximum Gasteiger partial charge on any atom is 0.264 e. The Hall–Kier alpha value is -2.44. The Kier molecular flexibility index (Phi) is 3.12. The summed E-state index contributed by atoms with van der Waals surface area (Å²) in [6.07, 6.45) is 1.30. The van der Waals surface area contributed by atoms with Gasteiger partial charge in [0.15, 0.2) is 0 Å². The fourth-order valence-corrected chi connectivity index (χ4v) is 4.05. The molecule has 9 heteroatoms. The number of thiazole rings is 1. The Balaban J connectivity index is 2.01. The van der Waals surface area contributed by atoms with Gasteiger partial charge in [0.25, 0.3) is 10.0 Å². The van der Waals surface area contributed by atoms with Crippen LogP contribution in [0.2, 0.25) is 0 Å². The third-order valence-corrected chi connectivity index (χ3v) is 5.14. The van der Waals surface area contributed by atoms with E-state index in [0.717, 1.165) is 6.07 Å². The Morgan fingerprint density at radius 3 is 2.95 bits per heavy atom. The lowest BCUT2D eigenvalue weighted by molar-refractivity contribution is 0.599. The first-order valence-corrected chi connectivity index (χ1v) is 8.00. The summed E-state index contributed by atoms with van der Waals surface area (Å²) in [5.41, 5.74) is 1.87. The van der Waals surface area contributed by atoms with Gasteiger partial charge in [-0.2, -0.15) is 5.26 Å². The van der Waals surface area contributed by atoms with Crippen LogP contribution in [0.15, 0.2) is 34.8 Å². The van der Waals surface area contributed by atoms with E-state index in [1.807, 2.05) is 0 Å². The molecule has 0 aliphatic carbocycles. The summed E-state index contributed by atoms with van der Waals surface area (Å²) in [6, 6.07) is 5.29. The van der Waals surface area contributed by atoms with Gasteiger partial charge in [0.1, 0.15) is 16.4 Å². The van der Waals surface area contributed by atoms with Gasteiger partial charge in [-0.1, -0.05) is 0 Å². The molecule has 3 aromatic rings. The summed E-state index contributed by atoms with van der Waals surface area (Å²) < 4.78 is 41.0. The van der Waals surface area contributed by atoms with E-state index in [1.54, 1.807) is 6.07 Å². The SMILES string of the molecule is N#Cc1ccc(NS(=O)(=O)c2c[nH]c3ncsc23)c(F)c1. The van der Waals surface area contributed by atoms with Crippen molar-refractivity contribution in [3.05, 3.63) is 41.3 Å². The first-order valence-electron chi connectivity index (χ1n) is 5.64. The van der Waals surface area contributed by atoms with Crippen molar-refractivity contribution in [2.45, 2.75) is 4.90 Å². The van der Waals surface area contributed by atoms with Crippen molar-refractivity contribution in [2.75, 3.05) is 4.72 Å². The van der Waals surface area contributed by atoms with Crippen molar-refractivity contribution in [1.29, 1.82) is 5.26 Å². The van der Waals surface area contributed by atoms with Crippen LogP contribution in [0.1, 0.15) is 5.56 Å². The van der Waals surface area contributed by atoms with Gasteiger partial charge < -0.3 is 4.98 Å². The van der Waals surface area contributed by atoms with Crippen molar-refractivity contribution < 1.29 is 12.8 Å². The minimum Gasteiger partial charge on any atom is -0.344 e. The number of nitriles is 1. The molecular formula is C12H7FN4O2S2. The molecule has 0 aliphatic rings. The van der Waals surface area contributed by atoms with E-state index in [0.29, 0.717) is 10.3 Å².